The lowest BCUT2D eigenvalue weighted by atomic mass is 10.2. The number of aryl methyl sites for hydroxylation is 1. The fourth-order valence-electron chi connectivity index (χ4n) is 2.51. The van der Waals surface area contributed by atoms with Gasteiger partial charge in [-0.15, -0.1) is 0 Å². The lowest BCUT2D eigenvalue weighted by Crippen LogP contribution is -2.16. The zero-order valence-electron chi connectivity index (χ0n) is 15.0. The first-order chi connectivity index (χ1) is 13.3. The van der Waals surface area contributed by atoms with Gasteiger partial charge >= 0.3 is 0 Å². The topological polar surface area (TPSA) is 97.6 Å². The summed E-state index contributed by atoms with van der Waals surface area (Å²) in [5.41, 5.74) is 1.07. The average Bonchev–Trinajstić information content (AvgIpc) is 3.09. The number of methoxy groups -OCH3 is 1. The predicted molar refractivity (Wildman–Crippen MR) is 109 cm³/mol. The Morgan fingerprint density at radius 1 is 1.07 bits per heavy atom. The Hall–Kier alpha value is -2.78. The number of ether oxygens (including phenoxy) is 1. The van der Waals surface area contributed by atoms with Crippen molar-refractivity contribution in [3.8, 4) is 5.75 Å². The third kappa shape index (κ3) is 4.37. The van der Waals surface area contributed by atoms with Crippen molar-refractivity contribution >= 4 is 43.2 Å². The number of carbonyl (C=O) groups excluding carboxylic acids is 1. The summed E-state index contributed by atoms with van der Waals surface area (Å²) in [6.45, 7) is 1.67. The Labute approximate surface area is 170 Å². The highest BCUT2D eigenvalue weighted by Gasteiger charge is 2.21. The molecule has 0 spiro atoms. The van der Waals surface area contributed by atoms with Gasteiger partial charge in [-0.1, -0.05) is 15.9 Å². The average molecular weight is 465 g/mol. The van der Waals surface area contributed by atoms with Gasteiger partial charge in [0, 0.05) is 15.8 Å². The van der Waals surface area contributed by atoms with E-state index in [0.717, 1.165) is 4.47 Å². The number of hydrogen-bond acceptors (Lipinski definition) is 5. The van der Waals surface area contributed by atoms with Crippen LogP contribution in [0, 0.1) is 6.92 Å². The fraction of sp³-hybridized carbons (Fsp3) is 0.105. The minimum absolute atomic E-state index is 0.0976. The molecule has 1 heterocycles. The number of sulfonamides is 1. The summed E-state index contributed by atoms with van der Waals surface area (Å²) in [4.78, 5) is 12.3. The van der Waals surface area contributed by atoms with E-state index in [2.05, 4.69) is 26.0 Å². The summed E-state index contributed by atoms with van der Waals surface area (Å²) in [5.74, 6) is 0.221. The molecule has 9 heteroatoms. The normalized spacial score (nSPS) is 11.1. The SMILES string of the molecule is COc1ccc(NC(=O)c2ccoc2C)cc1S(=O)(=O)Nc1ccc(Br)cc1. The summed E-state index contributed by atoms with van der Waals surface area (Å²) < 4.78 is 39.3. The van der Waals surface area contributed by atoms with Crippen LogP contribution in [0.15, 0.2) is 68.6 Å². The Kier molecular flexibility index (Phi) is 5.76. The van der Waals surface area contributed by atoms with Gasteiger partial charge in [-0.3, -0.25) is 9.52 Å². The van der Waals surface area contributed by atoms with Crippen LogP contribution in [0.2, 0.25) is 0 Å². The van der Waals surface area contributed by atoms with Gasteiger partial charge in [0.2, 0.25) is 0 Å². The number of hydrogen-bond donors (Lipinski definition) is 2. The minimum Gasteiger partial charge on any atom is -0.495 e. The number of carbonyl (C=O) groups is 1. The molecular weight excluding hydrogens is 448 g/mol. The first-order valence-electron chi connectivity index (χ1n) is 8.12. The van der Waals surface area contributed by atoms with Crippen LogP contribution >= 0.6 is 15.9 Å². The van der Waals surface area contributed by atoms with Crippen LogP contribution in [0.1, 0.15) is 16.1 Å². The van der Waals surface area contributed by atoms with E-state index in [0.29, 0.717) is 22.7 Å². The van der Waals surface area contributed by atoms with Crippen LogP contribution in [0.25, 0.3) is 0 Å². The highest BCUT2D eigenvalue weighted by Crippen LogP contribution is 2.29. The smallest absolute Gasteiger partial charge is 0.265 e. The largest absolute Gasteiger partial charge is 0.495 e. The van der Waals surface area contributed by atoms with E-state index in [1.165, 1.54) is 25.5 Å². The summed E-state index contributed by atoms with van der Waals surface area (Å²) in [6, 6.07) is 12.6. The molecule has 0 saturated heterocycles. The second-order valence-electron chi connectivity index (χ2n) is 5.82. The Morgan fingerprint density at radius 3 is 2.36 bits per heavy atom. The molecule has 1 aromatic heterocycles. The molecule has 0 atom stereocenters. The molecule has 0 aliphatic carbocycles. The fourth-order valence-corrected chi connectivity index (χ4v) is 4.03. The van der Waals surface area contributed by atoms with Crippen molar-refractivity contribution in [2.45, 2.75) is 11.8 Å². The summed E-state index contributed by atoms with van der Waals surface area (Å²) >= 11 is 3.30. The number of nitrogens with one attached hydrogen (secondary N) is 2. The van der Waals surface area contributed by atoms with E-state index in [4.69, 9.17) is 9.15 Å². The van der Waals surface area contributed by atoms with E-state index in [-0.39, 0.29) is 10.6 Å². The van der Waals surface area contributed by atoms with Crippen molar-refractivity contribution in [3.63, 3.8) is 0 Å². The molecular formula is C19H17BrN2O5S. The number of amides is 1. The van der Waals surface area contributed by atoms with E-state index in [1.54, 1.807) is 43.3 Å². The van der Waals surface area contributed by atoms with E-state index in [9.17, 15) is 13.2 Å². The summed E-state index contributed by atoms with van der Waals surface area (Å²) in [7, 11) is -2.57. The zero-order valence-corrected chi connectivity index (χ0v) is 17.4. The van der Waals surface area contributed by atoms with Gasteiger partial charge in [-0.2, -0.15) is 0 Å². The lowest BCUT2D eigenvalue weighted by Gasteiger charge is -2.14. The monoisotopic (exact) mass is 464 g/mol. The van der Waals surface area contributed by atoms with Gasteiger partial charge in [-0.05, 0) is 55.5 Å². The van der Waals surface area contributed by atoms with Crippen molar-refractivity contribution in [1.82, 2.24) is 0 Å². The maximum atomic E-state index is 12.9. The number of halogens is 1. The van der Waals surface area contributed by atoms with Gasteiger partial charge in [0.15, 0.2) is 0 Å². The molecule has 146 valence electrons. The van der Waals surface area contributed by atoms with Crippen LogP contribution in [0.3, 0.4) is 0 Å². The van der Waals surface area contributed by atoms with Gasteiger partial charge in [0.1, 0.15) is 16.4 Å². The lowest BCUT2D eigenvalue weighted by molar-refractivity contribution is 0.102. The molecule has 1 amide bonds. The van der Waals surface area contributed by atoms with E-state index < -0.39 is 15.9 Å². The molecule has 2 N–H and O–H groups in total. The molecule has 0 radical (unpaired) electrons. The van der Waals surface area contributed by atoms with E-state index >= 15 is 0 Å². The molecule has 3 aromatic rings. The number of furan rings is 1. The van der Waals surface area contributed by atoms with Crippen molar-refractivity contribution in [2.24, 2.45) is 0 Å². The summed E-state index contributed by atoms with van der Waals surface area (Å²) in [5, 5.41) is 2.67. The van der Waals surface area contributed by atoms with Crippen LogP contribution in [0.4, 0.5) is 11.4 Å². The maximum absolute atomic E-state index is 12.9. The second-order valence-corrected chi connectivity index (χ2v) is 8.39. The van der Waals surface area contributed by atoms with Gasteiger partial charge < -0.3 is 14.5 Å². The molecule has 0 aliphatic heterocycles. The third-order valence-electron chi connectivity index (χ3n) is 3.91. The third-order valence-corrected chi connectivity index (χ3v) is 5.84. The molecule has 3 rings (SSSR count). The first-order valence-corrected chi connectivity index (χ1v) is 10.4. The van der Waals surface area contributed by atoms with Crippen LogP contribution < -0.4 is 14.8 Å². The minimum atomic E-state index is -3.95. The van der Waals surface area contributed by atoms with E-state index in [1.807, 2.05) is 0 Å². The molecule has 28 heavy (non-hydrogen) atoms. The van der Waals surface area contributed by atoms with Crippen LogP contribution in [-0.2, 0) is 10.0 Å². The zero-order chi connectivity index (χ0) is 20.3. The molecule has 0 fully saturated rings. The maximum Gasteiger partial charge on any atom is 0.265 e. The standard InChI is InChI=1S/C19H17BrN2O5S/c1-12-16(9-10-27-12)19(23)21-15-7-8-17(26-2)18(11-15)28(24,25)22-14-5-3-13(20)4-6-14/h3-11,22H,1-2H3,(H,21,23). The molecule has 0 unspecified atom stereocenters. The Morgan fingerprint density at radius 2 is 1.75 bits per heavy atom. The van der Waals surface area contributed by atoms with Crippen molar-refractivity contribution in [3.05, 3.63) is 70.6 Å². The van der Waals surface area contributed by atoms with Gasteiger partial charge in [0.25, 0.3) is 15.9 Å². The highest BCUT2D eigenvalue weighted by atomic mass is 79.9. The molecule has 0 aliphatic rings. The van der Waals surface area contributed by atoms with Gasteiger partial charge in [0.05, 0.1) is 18.9 Å². The quantitative estimate of drug-likeness (QED) is 0.562. The Bertz CT molecular complexity index is 1110. The molecule has 7 nitrogen and oxygen atoms in total. The first kappa shape index (κ1) is 20.0. The van der Waals surface area contributed by atoms with Crippen molar-refractivity contribution in [2.75, 3.05) is 17.1 Å². The predicted octanol–water partition coefficient (Wildman–Crippen LogP) is 4.41. The van der Waals surface area contributed by atoms with Crippen LogP contribution in [0.5, 0.6) is 5.75 Å². The molecule has 0 saturated carbocycles. The number of rotatable bonds is 6. The Balaban J connectivity index is 1.91. The molecule has 2 aromatic carbocycles. The number of benzene rings is 2. The summed E-state index contributed by atoms with van der Waals surface area (Å²) in [6.07, 6.45) is 1.41. The second kappa shape index (κ2) is 8.07. The van der Waals surface area contributed by atoms with Crippen molar-refractivity contribution in [1.29, 1.82) is 0 Å². The number of anilines is 2. The van der Waals surface area contributed by atoms with Crippen molar-refractivity contribution < 1.29 is 22.4 Å². The highest BCUT2D eigenvalue weighted by molar-refractivity contribution is 9.10. The molecule has 0 bridgehead atoms. The van der Waals surface area contributed by atoms with Gasteiger partial charge in [-0.25, -0.2) is 8.42 Å². The van der Waals surface area contributed by atoms with Crippen LogP contribution in [-0.4, -0.2) is 21.4 Å².